The molecule has 1 atom stereocenters. The smallest absolute Gasteiger partial charge is 0.000568 e. The molecule has 0 aliphatic carbocycles. The largest absolute Gasteiger partial charge is 0.103 e. The fourth-order valence-electron chi connectivity index (χ4n) is 0.924. The Labute approximate surface area is 70.3 Å². The fraction of sp³-hybridized carbons (Fsp3) is 0.455. The first kappa shape index (κ1) is 10.2. The summed E-state index contributed by atoms with van der Waals surface area (Å²) in [5.41, 5.74) is 1.22. The van der Waals surface area contributed by atoms with Crippen molar-refractivity contribution >= 4 is 0 Å². The van der Waals surface area contributed by atoms with Gasteiger partial charge >= 0.3 is 0 Å². The van der Waals surface area contributed by atoms with Crippen LogP contribution in [0.5, 0.6) is 0 Å². The second-order valence-electron chi connectivity index (χ2n) is 2.81. The minimum absolute atomic E-state index is 0.493. The molecule has 0 nitrogen and oxygen atoms in total. The standard InChI is InChI=1S/C11H18/c1-5-7-9-11(8-6-2)10(3)4/h6-7,9,11H,2-3,5,8H2,1,4H3/b9-7+. The molecule has 11 heavy (non-hydrogen) atoms. The van der Waals surface area contributed by atoms with Crippen LogP contribution in [-0.4, -0.2) is 0 Å². The van der Waals surface area contributed by atoms with Gasteiger partial charge in [-0.25, -0.2) is 0 Å². The molecule has 0 N–H and O–H groups in total. The van der Waals surface area contributed by atoms with E-state index in [4.69, 9.17) is 0 Å². The Balaban J connectivity index is 3.98. The van der Waals surface area contributed by atoms with Crippen LogP contribution in [0.4, 0.5) is 0 Å². The molecule has 1 unspecified atom stereocenters. The van der Waals surface area contributed by atoms with Crippen LogP contribution >= 0.6 is 0 Å². The van der Waals surface area contributed by atoms with Gasteiger partial charge in [0.15, 0.2) is 0 Å². The van der Waals surface area contributed by atoms with E-state index in [9.17, 15) is 0 Å². The Morgan fingerprint density at radius 1 is 1.55 bits per heavy atom. The molecule has 0 saturated carbocycles. The van der Waals surface area contributed by atoms with Crippen LogP contribution in [0.2, 0.25) is 0 Å². The molecule has 62 valence electrons. The maximum atomic E-state index is 3.93. The molecule has 0 aromatic rings. The average Bonchev–Trinajstić information content (AvgIpc) is 1.97. The Morgan fingerprint density at radius 2 is 2.18 bits per heavy atom. The summed E-state index contributed by atoms with van der Waals surface area (Å²) >= 11 is 0. The van der Waals surface area contributed by atoms with Crippen molar-refractivity contribution < 1.29 is 0 Å². The van der Waals surface area contributed by atoms with E-state index < -0.39 is 0 Å². The van der Waals surface area contributed by atoms with Gasteiger partial charge in [0, 0.05) is 5.92 Å². The maximum Gasteiger partial charge on any atom is 0.000568 e. The van der Waals surface area contributed by atoms with E-state index in [1.54, 1.807) is 0 Å². The SMILES string of the molecule is C=CCC(/C=C/CC)C(=C)C. The van der Waals surface area contributed by atoms with Crippen LogP contribution in [0.1, 0.15) is 26.7 Å². The molecule has 0 fully saturated rings. The van der Waals surface area contributed by atoms with E-state index >= 15 is 0 Å². The molecule has 0 aromatic carbocycles. The maximum absolute atomic E-state index is 3.93. The van der Waals surface area contributed by atoms with Gasteiger partial charge in [0.25, 0.3) is 0 Å². The molecule has 0 amide bonds. The molecule has 0 saturated heterocycles. The third kappa shape index (κ3) is 4.60. The molecule has 0 heteroatoms. The third-order valence-electron chi connectivity index (χ3n) is 1.66. The number of hydrogen-bond donors (Lipinski definition) is 0. The molecule has 0 radical (unpaired) electrons. The van der Waals surface area contributed by atoms with E-state index in [0.717, 1.165) is 12.8 Å². The topological polar surface area (TPSA) is 0 Å². The summed E-state index contributed by atoms with van der Waals surface area (Å²) in [6.07, 6.45) is 8.44. The first-order chi connectivity index (χ1) is 5.22. The summed E-state index contributed by atoms with van der Waals surface area (Å²) in [6.45, 7) is 11.8. The van der Waals surface area contributed by atoms with Crippen molar-refractivity contribution in [2.45, 2.75) is 26.7 Å². The summed E-state index contributed by atoms with van der Waals surface area (Å²) in [7, 11) is 0. The Hall–Kier alpha value is -0.780. The second kappa shape index (κ2) is 5.96. The van der Waals surface area contributed by atoms with Crippen molar-refractivity contribution in [3.63, 3.8) is 0 Å². The highest BCUT2D eigenvalue weighted by atomic mass is 14.1. The summed E-state index contributed by atoms with van der Waals surface area (Å²) in [4.78, 5) is 0. The molecule has 0 bridgehead atoms. The van der Waals surface area contributed by atoms with Crippen molar-refractivity contribution in [3.8, 4) is 0 Å². The van der Waals surface area contributed by atoms with Crippen molar-refractivity contribution in [1.29, 1.82) is 0 Å². The van der Waals surface area contributed by atoms with E-state index in [0.29, 0.717) is 5.92 Å². The van der Waals surface area contributed by atoms with Crippen molar-refractivity contribution in [3.05, 3.63) is 37.0 Å². The van der Waals surface area contributed by atoms with E-state index in [1.807, 2.05) is 6.08 Å². The number of rotatable bonds is 5. The zero-order valence-electron chi connectivity index (χ0n) is 7.64. The average molecular weight is 150 g/mol. The monoisotopic (exact) mass is 150 g/mol. The minimum Gasteiger partial charge on any atom is -0.103 e. The highest BCUT2D eigenvalue weighted by Gasteiger charge is 2.00. The summed E-state index contributed by atoms with van der Waals surface area (Å²) < 4.78 is 0. The third-order valence-corrected chi connectivity index (χ3v) is 1.66. The first-order valence-corrected chi connectivity index (χ1v) is 4.15. The molecule has 0 aliphatic rings. The van der Waals surface area contributed by atoms with Crippen molar-refractivity contribution in [1.82, 2.24) is 0 Å². The van der Waals surface area contributed by atoms with Gasteiger partial charge in [-0.15, -0.1) is 6.58 Å². The van der Waals surface area contributed by atoms with E-state index in [1.165, 1.54) is 5.57 Å². The van der Waals surface area contributed by atoms with Gasteiger partial charge < -0.3 is 0 Å². The predicted octanol–water partition coefficient (Wildman–Crippen LogP) is 3.72. The van der Waals surface area contributed by atoms with E-state index in [-0.39, 0.29) is 0 Å². The second-order valence-corrected chi connectivity index (χ2v) is 2.81. The molecule has 0 spiro atoms. The van der Waals surface area contributed by atoms with Crippen LogP contribution in [0, 0.1) is 5.92 Å². The molecular weight excluding hydrogens is 132 g/mol. The molecular formula is C11H18. The lowest BCUT2D eigenvalue weighted by Gasteiger charge is -2.08. The Bertz CT molecular complexity index is 151. The number of hydrogen-bond acceptors (Lipinski definition) is 0. The van der Waals surface area contributed by atoms with Gasteiger partial charge in [-0.05, 0) is 19.8 Å². The minimum atomic E-state index is 0.493. The molecule has 0 heterocycles. The van der Waals surface area contributed by atoms with Crippen molar-refractivity contribution in [2.24, 2.45) is 5.92 Å². The van der Waals surface area contributed by atoms with Crippen LogP contribution in [0.3, 0.4) is 0 Å². The van der Waals surface area contributed by atoms with Crippen LogP contribution in [0.25, 0.3) is 0 Å². The molecule has 0 aliphatic heterocycles. The lowest BCUT2D eigenvalue weighted by atomic mass is 9.97. The molecule has 0 aromatic heterocycles. The Kier molecular flexibility index (Phi) is 5.54. The van der Waals surface area contributed by atoms with Crippen LogP contribution in [-0.2, 0) is 0 Å². The highest BCUT2D eigenvalue weighted by molar-refractivity contribution is 5.08. The van der Waals surface area contributed by atoms with Crippen LogP contribution in [0.15, 0.2) is 37.0 Å². The van der Waals surface area contributed by atoms with Crippen molar-refractivity contribution in [2.75, 3.05) is 0 Å². The lowest BCUT2D eigenvalue weighted by molar-refractivity contribution is 0.776. The normalized spacial score (nSPS) is 13.3. The summed E-state index contributed by atoms with van der Waals surface area (Å²) in [5, 5.41) is 0. The quantitative estimate of drug-likeness (QED) is 0.524. The van der Waals surface area contributed by atoms with Gasteiger partial charge in [0.1, 0.15) is 0 Å². The zero-order chi connectivity index (χ0) is 8.69. The first-order valence-electron chi connectivity index (χ1n) is 4.15. The summed E-state index contributed by atoms with van der Waals surface area (Å²) in [6, 6.07) is 0. The zero-order valence-corrected chi connectivity index (χ0v) is 7.64. The van der Waals surface area contributed by atoms with E-state index in [2.05, 4.69) is 39.2 Å². The summed E-state index contributed by atoms with van der Waals surface area (Å²) in [5.74, 6) is 0.493. The number of allylic oxidation sites excluding steroid dienone is 4. The predicted molar refractivity (Wildman–Crippen MR) is 52.5 cm³/mol. The Morgan fingerprint density at radius 3 is 2.55 bits per heavy atom. The lowest BCUT2D eigenvalue weighted by Crippen LogP contribution is -1.94. The van der Waals surface area contributed by atoms with Gasteiger partial charge in [0.2, 0.25) is 0 Å². The fourth-order valence-corrected chi connectivity index (χ4v) is 0.924. The highest BCUT2D eigenvalue weighted by Crippen LogP contribution is 2.14. The van der Waals surface area contributed by atoms with Gasteiger partial charge in [-0.3, -0.25) is 0 Å². The van der Waals surface area contributed by atoms with Gasteiger partial charge in [-0.2, -0.15) is 0 Å². The van der Waals surface area contributed by atoms with Gasteiger partial charge in [0.05, 0.1) is 0 Å². The van der Waals surface area contributed by atoms with Crippen LogP contribution < -0.4 is 0 Å². The van der Waals surface area contributed by atoms with Gasteiger partial charge in [-0.1, -0.05) is 37.3 Å². The molecule has 0 rings (SSSR count).